The highest BCUT2D eigenvalue weighted by Crippen LogP contribution is 2.41. The zero-order chi connectivity index (χ0) is 22.7. The van der Waals surface area contributed by atoms with Gasteiger partial charge in [-0.05, 0) is 43.3 Å². The topological polar surface area (TPSA) is 105 Å². The molecule has 32 heavy (non-hydrogen) atoms. The Morgan fingerprint density at radius 2 is 1.69 bits per heavy atom. The highest BCUT2D eigenvalue weighted by atomic mass is 35.5. The molecule has 2 aromatic heterocycles. The van der Waals surface area contributed by atoms with E-state index >= 15 is 0 Å². The van der Waals surface area contributed by atoms with E-state index in [1.165, 1.54) is 0 Å². The van der Waals surface area contributed by atoms with Gasteiger partial charge in [0.2, 0.25) is 11.6 Å². The lowest BCUT2D eigenvalue weighted by molar-refractivity contribution is 0.324. The van der Waals surface area contributed by atoms with Crippen molar-refractivity contribution in [2.24, 2.45) is 0 Å². The molecule has 166 valence electrons. The normalized spacial score (nSPS) is 10.8. The number of ether oxygens (including phenoxy) is 4. The fourth-order valence-electron chi connectivity index (χ4n) is 3.17. The molecule has 9 nitrogen and oxygen atoms in total. The molecule has 0 radical (unpaired) electrons. The summed E-state index contributed by atoms with van der Waals surface area (Å²) in [6, 6.07) is 10.8. The second-order valence-electron chi connectivity index (χ2n) is 6.58. The maximum absolute atomic E-state index is 6.29. The van der Waals surface area contributed by atoms with Crippen LogP contribution in [0.15, 0.2) is 40.9 Å². The molecule has 4 aromatic rings. The summed E-state index contributed by atoms with van der Waals surface area (Å²) in [4.78, 5) is 4.47. The van der Waals surface area contributed by atoms with E-state index in [0.717, 1.165) is 5.56 Å². The first kappa shape index (κ1) is 21.5. The Kier molecular flexibility index (Phi) is 6.18. The van der Waals surface area contributed by atoms with Crippen LogP contribution < -0.4 is 18.9 Å². The summed E-state index contributed by atoms with van der Waals surface area (Å²) in [6.07, 6.45) is 0. The number of benzene rings is 2. The van der Waals surface area contributed by atoms with E-state index < -0.39 is 0 Å². The number of hydrogen-bond donors (Lipinski definition) is 1. The summed E-state index contributed by atoms with van der Waals surface area (Å²) in [6.45, 7) is 2.44. The summed E-state index contributed by atoms with van der Waals surface area (Å²) in [5.41, 5.74) is 2.71. The van der Waals surface area contributed by atoms with Crippen LogP contribution in [-0.4, -0.2) is 48.3 Å². The van der Waals surface area contributed by atoms with Gasteiger partial charge in [0.1, 0.15) is 11.4 Å². The predicted molar refractivity (Wildman–Crippen MR) is 119 cm³/mol. The Bertz CT molecular complexity index is 1210. The molecular formula is C22H21ClN4O5. The van der Waals surface area contributed by atoms with Gasteiger partial charge in [0.05, 0.1) is 38.7 Å². The van der Waals surface area contributed by atoms with Crippen molar-refractivity contribution in [2.45, 2.75) is 6.92 Å². The van der Waals surface area contributed by atoms with Gasteiger partial charge in [-0.3, -0.25) is 5.10 Å². The van der Waals surface area contributed by atoms with Crippen molar-refractivity contribution in [3.05, 3.63) is 41.4 Å². The highest BCUT2D eigenvalue weighted by molar-refractivity contribution is 6.32. The molecule has 0 unspecified atom stereocenters. The average Bonchev–Trinajstić information content (AvgIpc) is 3.49. The smallest absolute Gasteiger partial charge is 0.276 e. The van der Waals surface area contributed by atoms with E-state index in [9.17, 15) is 0 Å². The van der Waals surface area contributed by atoms with Gasteiger partial charge in [0, 0.05) is 11.1 Å². The van der Waals surface area contributed by atoms with E-state index in [1.807, 2.05) is 19.1 Å². The van der Waals surface area contributed by atoms with Crippen LogP contribution in [-0.2, 0) is 0 Å². The number of methoxy groups -OCH3 is 3. The fourth-order valence-corrected chi connectivity index (χ4v) is 3.41. The van der Waals surface area contributed by atoms with E-state index in [0.29, 0.717) is 57.4 Å². The SMILES string of the molecule is CCOc1ccc(-c2cc(-c3nc(-c4cc(OC)c(OC)c(OC)c4)no3)[nH]n2)cc1Cl. The van der Waals surface area contributed by atoms with Crippen LogP contribution in [0.5, 0.6) is 23.0 Å². The number of aromatic nitrogens is 4. The molecule has 2 heterocycles. The molecule has 0 atom stereocenters. The third-order valence-corrected chi connectivity index (χ3v) is 4.98. The largest absolute Gasteiger partial charge is 0.493 e. The first-order chi connectivity index (χ1) is 15.6. The zero-order valence-electron chi connectivity index (χ0n) is 17.9. The Morgan fingerprint density at radius 3 is 2.31 bits per heavy atom. The molecule has 0 saturated carbocycles. The number of halogens is 1. The number of nitrogens with zero attached hydrogens (tertiary/aromatic N) is 3. The molecule has 0 aliphatic heterocycles. The van der Waals surface area contributed by atoms with Crippen molar-refractivity contribution >= 4 is 11.6 Å². The van der Waals surface area contributed by atoms with E-state index in [1.54, 1.807) is 45.6 Å². The lowest BCUT2D eigenvalue weighted by atomic mass is 10.1. The third kappa shape index (κ3) is 4.06. The number of nitrogens with one attached hydrogen (secondary N) is 1. The molecule has 4 rings (SSSR count). The van der Waals surface area contributed by atoms with Crippen LogP contribution in [0.2, 0.25) is 5.02 Å². The minimum Gasteiger partial charge on any atom is -0.493 e. The molecule has 2 aromatic carbocycles. The number of hydrogen-bond acceptors (Lipinski definition) is 8. The molecule has 0 spiro atoms. The lowest BCUT2D eigenvalue weighted by Gasteiger charge is -2.12. The van der Waals surface area contributed by atoms with Crippen molar-refractivity contribution in [2.75, 3.05) is 27.9 Å². The molecule has 0 saturated heterocycles. The van der Waals surface area contributed by atoms with Crippen LogP contribution >= 0.6 is 11.6 Å². The second kappa shape index (κ2) is 9.19. The van der Waals surface area contributed by atoms with Crippen LogP contribution in [0.1, 0.15) is 6.92 Å². The lowest BCUT2D eigenvalue weighted by Crippen LogP contribution is -1.96. The van der Waals surface area contributed by atoms with Gasteiger partial charge >= 0.3 is 0 Å². The van der Waals surface area contributed by atoms with Gasteiger partial charge < -0.3 is 23.5 Å². The maximum Gasteiger partial charge on any atom is 0.276 e. The van der Waals surface area contributed by atoms with Gasteiger partial charge in [0.25, 0.3) is 5.89 Å². The average molecular weight is 457 g/mol. The molecular weight excluding hydrogens is 436 g/mol. The number of aromatic amines is 1. The van der Waals surface area contributed by atoms with Crippen LogP contribution in [0, 0.1) is 0 Å². The summed E-state index contributed by atoms with van der Waals surface area (Å²) in [5, 5.41) is 11.8. The summed E-state index contributed by atoms with van der Waals surface area (Å²) < 4.78 is 27.1. The van der Waals surface area contributed by atoms with E-state index in [-0.39, 0.29) is 5.89 Å². The highest BCUT2D eigenvalue weighted by Gasteiger charge is 2.19. The fraction of sp³-hybridized carbons (Fsp3) is 0.227. The van der Waals surface area contributed by atoms with Crippen molar-refractivity contribution in [1.82, 2.24) is 20.3 Å². The first-order valence-electron chi connectivity index (χ1n) is 9.70. The Labute approximate surface area is 189 Å². The quantitative estimate of drug-likeness (QED) is 0.400. The standard InChI is InChI=1S/C22H21ClN4O5/c1-5-31-17-7-6-12(8-14(17)23)15-11-16(26-25-15)22-24-21(27-32-22)13-9-18(28-2)20(30-4)19(10-13)29-3/h6-11H,5H2,1-4H3,(H,25,26). The van der Waals surface area contributed by atoms with Gasteiger partial charge in [-0.2, -0.15) is 10.1 Å². The van der Waals surface area contributed by atoms with Crippen LogP contribution in [0.3, 0.4) is 0 Å². The van der Waals surface area contributed by atoms with Crippen LogP contribution in [0.25, 0.3) is 34.2 Å². The molecule has 10 heteroatoms. The second-order valence-corrected chi connectivity index (χ2v) is 6.99. The summed E-state index contributed by atoms with van der Waals surface area (Å²) in [5.74, 6) is 2.73. The van der Waals surface area contributed by atoms with Crippen molar-refractivity contribution in [1.29, 1.82) is 0 Å². The molecule has 0 aliphatic rings. The molecule has 0 amide bonds. The van der Waals surface area contributed by atoms with Crippen molar-refractivity contribution in [3.63, 3.8) is 0 Å². The Morgan fingerprint density at radius 1 is 0.938 bits per heavy atom. The summed E-state index contributed by atoms with van der Waals surface area (Å²) in [7, 11) is 4.63. The van der Waals surface area contributed by atoms with E-state index in [2.05, 4.69) is 20.3 Å². The molecule has 0 bridgehead atoms. The number of rotatable bonds is 8. The van der Waals surface area contributed by atoms with Gasteiger partial charge in [0.15, 0.2) is 11.5 Å². The minimum atomic E-state index is 0.282. The van der Waals surface area contributed by atoms with Gasteiger partial charge in [-0.25, -0.2) is 0 Å². The monoisotopic (exact) mass is 456 g/mol. The van der Waals surface area contributed by atoms with Gasteiger partial charge in [-0.15, -0.1) is 0 Å². The van der Waals surface area contributed by atoms with E-state index in [4.69, 9.17) is 35.1 Å². The molecule has 1 N–H and O–H groups in total. The van der Waals surface area contributed by atoms with Gasteiger partial charge in [-0.1, -0.05) is 16.8 Å². The predicted octanol–water partition coefficient (Wildman–Crippen LogP) is 4.87. The minimum absolute atomic E-state index is 0.282. The third-order valence-electron chi connectivity index (χ3n) is 4.68. The summed E-state index contributed by atoms with van der Waals surface area (Å²) >= 11 is 6.29. The number of H-pyrrole nitrogens is 1. The van der Waals surface area contributed by atoms with Crippen LogP contribution in [0.4, 0.5) is 0 Å². The maximum atomic E-state index is 6.29. The van der Waals surface area contributed by atoms with Crippen molar-refractivity contribution < 1.29 is 23.5 Å². The zero-order valence-corrected chi connectivity index (χ0v) is 18.7. The Hall–Kier alpha value is -3.72. The Balaban J connectivity index is 1.63. The molecule has 0 fully saturated rings. The van der Waals surface area contributed by atoms with Crippen molar-refractivity contribution in [3.8, 4) is 57.2 Å². The molecule has 0 aliphatic carbocycles. The first-order valence-corrected chi connectivity index (χ1v) is 10.1.